The van der Waals surface area contributed by atoms with E-state index in [9.17, 15) is 18.0 Å². The number of hydrogen-bond donors (Lipinski definition) is 1. The van der Waals surface area contributed by atoms with Gasteiger partial charge in [-0.25, -0.2) is 18.2 Å². The quantitative estimate of drug-likeness (QED) is 0.546. The third-order valence-corrected chi connectivity index (χ3v) is 4.02. The van der Waals surface area contributed by atoms with Crippen molar-refractivity contribution in [3.05, 3.63) is 70.7 Å². The maximum atomic E-state index is 11.0. The molecule has 0 unspecified atom stereocenters. The number of fused-ring (bicyclic) bond motifs is 1. The molecule has 2 heterocycles. The Balaban J connectivity index is 0.000000185. The zero-order chi connectivity index (χ0) is 17.7. The lowest BCUT2D eigenvalue weighted by Gasteiger charge is -1.99. The molecule has 0 bridgehead atoms. The van der Waals surface area contributed by atoms with E-state index in [2.05, 4.69) is 4.98 Å². The monoisotopic (exact) mass is 366 g/mol. The van der Waals surface area contributed by atoms with Crippen molar-refractivity contribution in [3.63, 3.8) is 0 Å². The summed E-state index contributed by atoms with van der Waals surface area (Å²) in [5.41, 5.74) is 5.10. The SMILES string of the molecule is NC(=O)c1cccc2ccc(=O)oc12.O=S(=O)(Cl)c1ccccn1. The molecule has 0 spiro atoms. The number of benzene rings is 1. The van der Waals surface area contributed by atoms with Gasteiger partial charge in [0.1, 0.15) is 0 Å². The lowest BCUT2D eigenvalue weighted by Crippen LogP contribution is -2.12. The third kappa shape index (κ3) is 4.40. The number of nitrogens with two attached hydrogens (primary N) is 1. The minimum absolute atomic E-state index is 0.114. The molecule has 3 aromatic rings. The van der Waals surface area contributed by atoms with E-state index in [1.807, 2.05) is 0 Å². The number of rotatable bonds is 2. The highest BCUT2D eigenvalue weighted by molar-refractivity contribution is 8.13. The first-order chi connectivity index (χ1) is 11.3. The predicted molar refractivity (Wildman–Crippen MR) is 88.3 cm³/mol. The second-order valence-corrected chi connectivity index (χ2v) is 6.96. The van der Waals surface area contributed by atoms with Gasteiger partial charge in [-0.15, -0.1) is 0 Å². The smallest absolute Gasteiger partial charge is 0.336 e. The van der Waals surface area contributed by atoms with Crippen molar-refractivity contribution in [2.24, 2.45) is 5.73 Å². The van der Waals surface area contributed by atoms with Gasteiger partial charge in [-0.2, -0.15) is 0 Å². The van der Waals surface area contributed by atoms with Crippen LogP contribution >= 0.6 is 10.7 Å². The van der Waals surface area contributed by atoms with Gasteiger partial charge in [0.15, 0.2) is 10.6 Å². The number of primary amides is 1. The van der Waals surface area contributed by atoms with E-state index >= 15 is 0 Å². The predicted octanol–water partition coefficient (Wildman–Crippen LogP) is 1.90. The van der Waals surface area contributed by atoms with Crippen LogP contribution in [0.15, 0.2) is 69.0 Å². The van der Waals surface area contributed by atoms with Crippen molar-refractivity contribution >= 4 is 36.6 Å². The molecule has 0 aliphatic rings. The summed E-state index contributed by atoms with van der Waals surface area (Å²) in [5.74, 6) is -0.607. The van der Waals surface area contributed by atoms with Gasteiger partial charge in [0.05, 0.1) is 5.56 Å². The van der Waals surface area contributed by atoms with Gasteiger partial charge in [-0.1, -0.05) is 18.2 Å². The van der Waals surface area contributed by atoms with Crippen LogP contribution in [0.2, 0.25) is 0 Å². The van der Waals surface area contributed by atoms with Crippen molar-refractivity contribution in [1.29, 1.82) is 0 Å². The van der Waals surface area contributed by atoms with Crippen molar-refractivity contribution in [2.45, 2.75) is 5.03 Å². The molecule has 0 saturated heterocycles. The number of carbonyl (C=O) groups excluding carboxylic acids is 1. The molecule has 0 atom stereocenters. The number of halogens is 1. The molecule has 9 heteroatoms. The topological polar surface area (TPSA) is 120 Å². The largest absolute Gasteiger partial charge is 0.422 e. The Kier molecular flexibility index (Phi) is 5.32. The summed E-state index contributed by atoms with van der Waals surface area (Å²) >= 11 is 0. The maximum absolute atomic E-state index is 11.0. The summed E-state index contributed by atoms with van der Waals surface area (Å²) in [7, 11) is 1.33. The first kappa shape index (κ1) is 17.6. The second kappa shape index (κ2) is 7.24. The second-order valence-electron chi connectivity index (χ2n) is 4.45. The zero-order valence-corrected chi connectivity index (χ0v) is 13.6. The number of carbonyl (C=O) groups is 1. The van der Waals surface area contributed by atoms with E-state index in [4.69, 9.17) is 20.8 Å². The van der Waals surface area contributed by atoms with E-state index in [1.54, 1.807) is 30.3 Å². The molecule has 1 amide bonds. The van der Waals surface area contributed by atoms with Crippen LogP contribution in [0.4, 0.5) is 0 Å². The van der Waals surface area contributed by atoms with Gasteiger partial charge >= 0.3 is 5.63 Å². The van der Waals surface area contributed by atoms with Crippen LogP contribution in [0.5, 0.6) is 0 Å². The third-order valence-electron chi connectivity index (χ3n) is 2.80. The van der Waals surface area contributed by atoms with Gasteiger partial charge in [0.2, 0.25) is 0 Å². The van der Waals surface area contributed by atoms with Crippen LogP contribution in [0.3, 0.4) is 0 Å². The first-order valence-corrected chi connectivity index (χ1v) is 8.78. The van der Waals surface area contributed by atoms with Crippen LogP contribution in [0.1, 0.15) is 10.4 Å². The maximum Gasteiger partial charge on any atom is 0.336 e. The average molecular weight is 367 g/mol. The van der Waals surface area contributed by atoms with Gasteiger partial charge in [0, 0.05) is 28.3 Å². The Hall–Kier alpha value is -2.71. The Morgan fingerprint density at radius 2 is 1.83 bits per heavy atom. The molecule has 2 aromatic heterocycles. The molecule has 7 nitrogen and oxygen atoms in total. The number of para-hydroxylation sites is 1. The van der Waals surface area contributed by atoms with E-state index in [1.165, 1.54) is 24.4 Å². The molecule has 24 heavy (non-hydrogen) atoms. The van der Waals surface area contributed by atoms with Gasteiger partial charge in [-0.3, -0.25) is 4.79 Å². The molecule has 0 fully saturated rings. The summed E-state index contributed by atoms with van der Waals surface area (Å²) < 4.78 is 26.0. The fourth-order valence-electron chi connectivity index (χ4n) is 1.78. The fourth-order valence-corrected chi connectivity index (χ4v) is 2.48. The average Bonchev–Trinajstić information content (AvgIpc) is 2.54. The Labute approximate surface area is 141 Å². The molecule has 3 rings (SSSR count). The number of aromatic nitrogens is 1. The van der Waals surface area contributed by atoms with Crippen LogP contribution in [-0.4, -0.2) is 19.3 Å². The molecule has 124 valence electrons. The van der Waals surface area contributed by atoms with Crippen molar-refractivity contribution in [2.75, 3.05) is 0 Å². The van der Waals surface area contributed by atoms with Gasteiger partial charge in [-0.05, 0) is 24.3 Å². The molecule has 1 aromatic carbocycles. The molecule has 0 radical (unpaired) electrons. The molecule has 0 aliphatic heterocycles. The lowest BCUT2D eigenvalue weighted by molar-refractivity contribution is 0.100. The fraction of sp³-hybridized carbons (Fsp3) is 0. The molecule has 2 N–H and O–H groups in total. The Morgan fingerprint density at radius 1 is 1.08 bits per heavy atom. The summed E-state index contributed by atoms with van der Waals surface area (Å²) in [6, 6.07) is 12.3. The Morgan fingerprint density at radius 3 is 2.38 bits per heavy atom. The number of nitrogens with zero attached hydrogens (tertiary/aromatic N) is 1. The number of amides is 1. The van der Waals surface area contributed by atoms with E-state index in [-0.39, 0.29) is 16.2 Å². The van der Waals surface area contributed by atoms with E-state index in [0.717, 1.165) is 0 Å². The van der Waals surface area contributed by atoms with Crippen molar-refractivity contribution < 1.29 is 17.6 Å². The summed E-state index contributed by atoms with van der Waals surface area (Å²) in [4.78, 5) is 25.5. The highest BCUT2D eigenvalue weighted by Gasteiger charge is 2.09. The Bertz CT molecular complexity index is 1030. The van der Waals surface area contributed by atoms with Crippen molar-refractivity contribution in [1.82, 2.24) is 4.98 Å². The van der Waals surface area contributed by atoms with Crippen LogP contribution in [-0.2, 0) is 9.05 Å². The normalized spacial score (nSPS) is 10.7. The van der Waals surface area contributed by atoms with E-state index in [0.29, 0.717) is 5.39 Å². The number of hydrogen-bond acceptors (Lipinski definition) is 6. The minimum Gasteiger partial charge on any atom is -0.422 e. The highest BCUT2D eigenvalue weighted by atomic mass is 35.7. The van der Waals surface area contributed by atoms with Crippen LogP contribution in [0, 0.1) is 0 Å². The minimum atomic E-state index is -3.64. The molecular formula is C15H11ClN2O5S. The molecule has 0 aliphatic carbocycles. The number of pyridine rings is 1. The van der Waals surface area contributed by atoms with Crippen LogP contribution < -0.4 is 11.4 Å². The van der Waals surface area contributed by atoms with Crippen LogP contribution in [0.25, 0.3) is 11.0 Å². The van der Waals surface area contributed by atoms with Gasteiger partial charge in [0.25, 0.3) is 15.0 Å². The summed E-state index contributed by atoms with van der Waals surface area (Å²) in [5, 5.41) is 0.567. The van der Waals surface area contributed by atoms with E-state index < -0.39 is 20.6 Å². The zero-order valence-electron chi connectivity index (χ0n) is 12.0. The molecule has 0 saturated carbocycles. The lowest BCUT2D eigenvalue weighted by atomic mass is 10.1. The summed E-state index contributed by atoms with van der Waals surface area (Å²) in [6.45, 7) is 0. The summed E-state index contributed by atoms with van der Waals surface area (Å²) in [6.07, 6.45) is 1.37. The van der Waals surface area contributed by atoms with Gasteiger partial charge < -0.3 is 10.2 Å². The standard InChI is InChI=1S/C10H7NO3.C5H4ClNO2S/c11-10(13)7-3-1-2-6-4-5-8(12)14-9(6)7;6-10(8,9)5-3-1-2-4-7-5/h1-5H,(H2,11,13);1-4H. The first-order valence-electron chi connectivity index (χ1n) is 6.47. The van der Waals surface area contributed by atoms with Crippen molar-refractivity contribution in [3.8, 4) is 0 Å². The molecular weight excluding hydrogens is 356 g/mol. The highest BCUT2D eigenvalue weighted by Crippen LogP contribution is 2.15.